The second kappa shape index (κ2) is 21.5. The Morgan fingerprint density at radius 1 is 0.824 bits per heavy atom. The number of carboxylic acid groups (broad SMARTS) is 1. The molecule has 0 saturated heterocycles. The van der Waals surface area contributed by atoms with Crippen molar-refractivity contribution in [2.24, 2.45) is 7.05 Å². The number of imidazole rings is 2. The highest BCUT2D eigenvalue weighted by molar-refractivity contribution is 7.98. The van der Waals surface area contributed by atoms with Gasteiger partial charge in [-0.2, -0.15) is 5.21 Å². The van der Waals surface area contributed by atoms with Gasteiger partial charge in [0.05, 0.1) is 30.4 Å². The van der Waals surface area contributed by atoms with Crippen LogP contribution in [0, 0.1) is 0 Å². The van der Waals surface area contributed by atoms with Crippen molar-refractivity contribution in [2.75, 3.05) is 20.3 Å². The maximum atomic E-state index is 13.7. The molecule has 0 unspecified atom stereocenters. The van der Waals surface area contributed by atoms with E-state index in [1.807, 2.05) is 52.6 Å². The van der Waals surface area contributed by atoms with Gasteiger partial charge in [-0.15, -0.1) is 22.0 Å². The lowest BCUT2D eigenvalue weighted by Crippen LogP contribution is -2.37. The van der Waals surface area contributed by atoms with Crippen LogP contribution in [0.15, 0.2) is 120 Å². The van der Waals surface area contributed by atoms with E-state index in [0.717, 1.165) is 55.3 Å². The number of hydrogen-bond acceptors (Lipinski definition) is 13. The summed E-state index contributed by atoms with van der Waals surface area (Å²) in [5, 5.41) is 24.1. The number of nitrogens with zero attached hydrogens (tertiary/aromatic N) is 8. The Kier molecular flexibility index (Phi) is 14.7. The summed E-state index contributed by atoms with van der Waals surface area (Å²) < 4.78 is 26.3. The van der Waals surface area contributed by atoms with Crippen LogP contribution < -0.4 is 14.2 Å². The fraction of sp³-hybridized carbons (Fsp3) is 0.240. The van der Waals surface area contributed by atoms with Crippen molar-refractivity contribution in [1.29, 1.82) is 0 Å². The average Bonchev–Trinajstić information content (AvgIpc) is 4.09. The molecule has 1 amide bonds. The molecular weight excluding hydrogens is 887 g/mol. The van der Waals surface area contributed by atoms with E-state index < -0.39 is 24.6 Å². The highest BCUT2D eigenvalue weighted by atomic mass is 32.2. The number of thioether (sulfide) groups is 1. The molecule has 0 atom stereocenters. The molecule has 17 nitrogen and oxygen atoms in total. The summed E-state index contributed by atoms with van der Waals surface area (Å²) in [6.45, 7) is 4.23. The second-order valence-corrected chi connectivity index (χ2v) is 16.7. The number of tetrazole rings is 1. The van der Waals surface area contributed by atoms with Crippen LogP contribution in [-0.2, 0) is 48.4 Å². The lowest BCUT2D eigenvalue weighted by atomic mass is 9.98. The Morgan fingerprint density at radius 2 is 1.54 bits per heavy atom. The average molecular weight is 936 g/mol. The van der Waals surface area contributed by atoms with Crippen molar-refractivity contribution in [3.8, 4) is 39.8 Å². The van der Waals surface area contributed by atoms with Gasteiger partial charge in [0.15, 0.2) is 5.69 Å². The molecule has 0 saturated carbocycles. The molecule has 3 heterocycles. The van der Waals surface area contributed by atoms with Crippen molar-refractivity contribution in [2.45, 2.75) is 57.0 Å². The molecule has 2 N–H and O–H groups in total. The van der Waals surface area contributed by atoms with Gasteiger partial charge in [0, 0.05) is 42.8 Å². The molecule has 3 aromatic heterocycles. The van der Waals surface area contributed by atoms with E-state index in [-0.39, 0.29) is 25.5 Å². The summed E-state index contributed by atoms with van der Waals surface area (Å²) >= 11 is 1.58. The number of aryl methyl sites for hydroxylation is 2. The number of fused-ring (bicyclic) bond motifs is 1. The van der Waals surface area contributed by atoms with Gasteiger partial charge >= 0.3 is 18.0 Å². The van der Waals surface area contributed by atoms with Crippen LogP contribution in [0.1, 0.15) is 59.2 Å². The number of amides is 1. The van der Waals surface area contributed by atoms with Crippen molar-refractivity contribution >= 4 is 40.8 Å². The van der Waals surface area contributed by atoms with Crippen LogP contribution in [0.2, 0.25) is 0 Å². The molecule has 348 valence electrons. The summed E-state index contributed by atoms with van der Waals surface area (Å²) in [6, 6.07) is 35.7. The summed E-state index contributed by atoms with van der Waals surface area (Å²) in [5.41, 5.74) is 7.37. The predicted octanol–water partition coefficient (Wildman–Crippen LogP) is 8.76. The van der Waals surface area contributed by atoms with E-state index in [4.69, 9.17) is 28.9 Å². The minimum Gasteiger partial charge on any atom is -0.497 e. The van der Waals surface area contributed by atoms with Crippen LogP contribution in [0.3, 0.4) is 0 Å². The fourth-order valence-corrected chi connectivity index (χ4v) is 8.52. The fourth-order valence-electron chi connectivity index (χ4n) is 7.65. The number of ether oxygens (including phenoxy) is 4. The zero-order valence-corrected chi connectivity index (χ0v) is 38.7. The molecule has 0 aliphatic carbocycles. The Hall–Kier alpha value is -7.99. The van der Waals surface area contributed by atoms with E-state index >= 15 is 0 Å². The first-order chi connectivity index (χ1) is 33.1. The van der Waals surface area contributed by atoms with E-state index in [2.05, 4.69) is 57.9 Å². The molecule has 0 aliphatic heterocycles. The largest absolute Gasteiger partial charge is 0.497 e. The number of methoxy groups -OCH3 is 1. The standard InChI is InChI=1S/C50H49N9O8S/c1-5-9-44-52-42(47(49(62)65-6-2)59(44)28-33-12-16-34(17-13-33)39-10-7-8-11-40(39)48-53-55-56-54-48)31-68-38-24-25-41-43(26-38)57(3)45(51-41)30-66-36-18-14-32(15-19-36)27-58(29-46(60)61)50(63)67-37-22-20-35(64-4)21-23-37/h7-8,10-26H,5-6,9,27-31H2,1-4H3,(H,60,61)(H,53,54,55,56). The summed E-state index contributed by atoms with van der Waals surface area (Å²) in [5.74, 6) is 2.34. The maximum absolute atomic E-state index is 13.7. The number of aromatic nitrogens is 8. The van der Waals surface area contributed by atoms with Gasteiger partial charge in [0.25, 0.3) is 0 Å². The van der Waals surface area contributed by atoms with Gasteiger partial charge in [-0.3, -0.25) is 9.69 Å². The predicted molar refractivity (Wildman–Crippen MR) is 254 cm³/mol. The highest BCUT2D eigenvalue weighted by Crippen LogP contribution is 2.32. The maximum Gasteiger partial charge on any atom is 0.416 e. The SMILES string of the molecule is CCCc1nc(CSc2ccc3nc(COc4ccc(CN(CC(=O)O)C(=O)Oc5ccc(OC)cc5)cc4)n(C)c3c2)c(C(=O)OCC)n1Cc1ccc(-c2ccccc2-c2nn[nH]n2)cc1. The molecular formula is C50H49N9O8S. The minimum absolute atomic E-state index is 0.00887. The summed E-state index contributed by atoms with van der Waals surface area (Å²) in [7, 11) is 3.46. The van der Waals surface area contributed by atoms with E-state index in [1.54, 1.807) is 67.2 Å². The number of carbonyl (C=O) groups is 3. The normalized spacial score (nSPS) is 11.1. The quantitative estimate of drug-likeness (QED) is 0.0542. The number of H-pyrrole nitrogens is 1. The smallest absolute Gasteiger partial charge is 0.416 e. The number of carbonyl (C=O) groups excluding carboxylic acids is 2. The molecule has 0 fully saturated rings. The minimum atomic E-state index is -1.17. The third-order valence-corrected chi connectivity index (χ3v) is 12.0. The summed E-state index contributed by atoms with van der Waals surface area (Å²) in [6.07, 6.45) is 0.747. The number of esters is 1. The molecule has 0 radical (unpaired) electrons. The summed E-state index contributed by atoms with van der Waals surface area (Å²) in [4.78, 5) is 50.2. The van der Waals surface area contributed by atoms with Gasteiger partial charge in [-0.25, -0.2) is 19.6 Å². The molecule has 18 heteroatoms. The van der Waals surface area contributed by atoms with Crippen molar-refractivity contribution in [3.05, 3.63) is 149 Å². The number of benzene rings is 5. The molecule has 8 rings (SSSR count). The zero-order chi connectivity index (χ0) is 47.6. The van der Waals surface area contributed by atoms with Gasteiger partial charge in [-0.1, -0.05) is 67.6 Å². The van der Waals surface area contributed by atoms with E-state index in [0.29, 0.717) is 58.8 Å². The van der Waals surface area contributed by atoms with Crippen LogP contribution in [-0.4, -0.2) is 88.0 Å². The number of hydrogen-bond donors (Lipinski definition) is 2. The first kappa shape index (κ1) is 46.5. The van der Waals surface area contributed by atoms with Gasteiger partial charge in [0.1, 0.15) is 42.0 Å². The van der Waals surface area contributed by atoms with Crippen molar-refractivity contribution < 1.29 is 38.4 Å². The Bertz CT molecular complexity index is 3010. The number of aliphatic carboxylic acids is 1. The Labute approximate surface area is 396 Å². The Balaban J connectivity index is 0.932. The molecule has 0 aliphatic rings. The number of nitrogens with one attached hydrogen (secondary N) is 1. The number of aromatic amines is 1. The van der Waals surface area contributed by atoms with Gasteiger partial charge in [-0.05, 0) is 95.4 Å². The molecule has 0 bridgehead atoms. The number of carboxylic acids is 1. The zero-order valence-electron chi connectivity index (χ0n) is 37.9. The van der Waals surface area contributed by atoms with Crippen molar-refractivity contribution in [1.82, 2.24) is 44.6 Å². The molecule has 68 heavy (non-hydrogen) atoms. The molecule has 5 aromatic carbocycles. The third kappa shape index (κ3) is 11.0. The third-order valence-electron chi connectivity index (χ3n) is 11.0. The second-order valence-electron chi connectivity index (χ2n) is 15.6. The first-order valence-corrected chi connectivity index (χ1v) is 22.9. The highest BCUT2D eigenvalue weighted by Gasteiger charge is 2.25. The van der Waals surface area contributed by atoms with Crippen LogP contribution in [0.4, 0.5) is 4.79 Å². The Morgan fingerprint density at radius 3 is 2.24 bits per heavy atom. The first-order valence-electron chi connectivity index (χ1n) is 21.9. The van der Waals surface area contributed by atoms with Crippen molar-refractivity contribution in [3.63, 3.8) is 0 Å². The van der Waals surface area contributed by atoms with Gasteiger partial charge < -0.3 is 33.2 Å². The van der Waals surface area contributed by atoms with E-state index in [9.17, 15) is 19.5 Å². The van der Waals surface area contributed by atoms with Crippen LogP contribution in [0.5, 0.6) is 17.2 Å². The number of rotatable bonds is 20. The van der Waals surface area contributed by atoms with E-state index in [1.165, 1.54) is 7.11 Å². The lowest BCUT2D eigenvalue weighted by Gasteiger charge is -2.20. The topological polar surface area (TPSA) is 202 Å². The van der Waals surface area contributed by atoms with Gasteiger partial charge in [0.2, 0.25) is 5.82 Å². The molecule has 8 aromatic rings. The monoisotopic (exact) mass is 935 g/mol. The van der Waals surface area contributed by atoms with Crippen LogP contribution >= 0.6 is 11.8 Å². The lowest BCUT2D eigenvalue weighted by molar-refractivity contribution is -0.138. The van der Waals surface area contributed by atoms with Crippen LogP contribution in [0.25, 0.3) is 33.5 Å². The molecule has 0 spiro atoms.